The van der Waals surface area contributed by atoms with Crippen LogP contribution in [0.4, 0.5) is 0 Å². The monoisotopic (exact) mass is 752 g/mol. The molecule has 4 bridgehead atoms. The summed E-state index contributed by atoms with van der Waals surface area (Å²) in [5.41, 5.74) is 13.5. The van der Waals surface area contributed by atoms with Crippen molar-refractivity contribution < 1.29 is 38.6 Å². The summed E-state index contributed by atoms with van der Waals surface area (Å²) in [4.78, 5) is 66.3. The molecule has 1 heterocycles. The zero-order valence-electron chi connectivity index (χ0n) is 32.0. The lowest BCUT2D eigenvalue weighted by molar-refractivity contribution is -0.142. The Labute approximate surface area is 319 Å². The van der Waals surface area contributed by atoms with E-state index in [1.807, 2.05) is 0 Å². The number of nitrogens with two attached hydrogens (primary N) is 2. The number of carboxylic acids is 1. The van der Waals surface area contributed by atoms with Crippen molar-refractivity contribution in [3.63, 3.8) is 0 Å². The molecule has 2 aromatic rings. The van der Waals surface area contributed by atoms with Gasteiger partial charge in [-0.05, 0) is 41.8 Å². The minimum Gasteiger partial charge on any atom is -0.492 e. The first-order chi connectivity index (χ1) is 26.1. The zero-order valence-corrected chi connectivity index (χ0v) is 32.0. The van der Waals surface area contributed by atoms with Crippen LogP contribution in [0.3, 0.4) is 0 Å². The third-order valence-corrected chi connectivity index (χ3v) is 9.37. The smallest absolute Gasteiger partial charge is 0.326 e. The first-order valence-corrected chi connectivity index (χ1v) is 19.3. The fourth-order valence-corrected chi connectivity index (χ4v) is 6.41. The highest BCUT2D eigenvalue weighted by molar-refractivity contribution is 5.94. The SMILES string of the molecule is CCCCCCCCCCCCCC(=O)NCC(=O)N(C)C1C(=O)NCC(=O)NC(C(=O)O)Cc2ccc(OCCN)c(c2)-c2cc1ccc2OCCN. The predicted octanol–water partition coefficient (Wildman–Crippen LogP) is 3.59. The summed E-state index contributed by atoms with van der Waals surface area (Å²) >= 11 is 0. The van der Waals surface area contributed by atoms with Gasteiger partial charge >= 0.3 is 5.97 Å². The Balaban J connectivity index is 1.81. The van der Waals surface area contributed by atoms with Crippen molar-refractivity contribution in [1.82, 2.24) is 20.9 Å². The molecule has 4 amide bonds. The number of carbonyl (C=O) groups is 5. The largest absolute Gasteiger partial charge is 0.492 e. The van der Waals surface area contributed by atoms with Crippen LogP contribution in [-0.2, 0) is 30.4 Å². The van der Waals surface area contributed by atoms with E-state index in [0.717, 1.165) is 25.7 Å². The second-order valence-electron chi connectivity index (χ2n) is 13.7. The number of rotatable bonds is 22. The summed E-state index contributed by atoms with van der Waals surface area (Å²) in [5.74, 6) is -2.60. The van der Waals surface area contributed by atoms with Crippen LogP contribution >= 0.6 is 0 Å². The van der Waals surface area contributed by atoms with Crippen LogP contribution in [0.1, 0.15) is 101 Å². The Morgan fingerprint density at radius 2 is 1.43 bits per heavy atom. The van der Waals surface area contributed by atoms with E-state index in [2.05, 4.69) is 22.9 Å². The summed E-state index contributed by atoms with van der Waals surface area (Å²) < 4.78 is 12.0. The van der Waals surface area contributed by atoms with E-state index in [9.17, 15) is 29.1 Å². The molecule has 2 atom stereocenters. The minimum absolute atomic E-state index is 0.0529. The molecule has 8 N–H and O–H groups in total. The summed E-state index contributed by atoms with van der Waals surface area (Å²) in [6, 6.07) is 7.59. The quantitative estimate of drug-likeness (QED) is 0.0962. The number of fused-ring (bicyclic) bond motifs is 5. The van der Waals surface area contributed by atoms with Crippen LogP contribution < -0.4 is 36.9 Å². The van der Waals surface area contributed by atoms with Crippen molar-refractivity contribution in [1.29, 1.82) is 0 Å². The number of unbranched alkanes of at least 4 members (excludes halogenated alkanes) is 10. The van der Waals surface area contributed by atoms with Gasteiger partial charge in [-0.3, -0.25) is 19.2 Å². The van der Waals surface area contributed by atoms with Crippen LogP contribution in [0.25, 0.3) is 11.1 Å². The van der Waals surface area contributed by atoms with Crippen molar-refractivity contribution in [3.8, 4) is 22.6 Å². The van der Waals surface area contributed by atoms with Gasteiger partial charge in [0.1, 0.15) is 36.8 Å². The lowest BCUT2D eigenvalue weighted by atomic mass is 9.94. The molecule has 0 saturated carbocycles. The van der Waals surface area contributed by atoms with Crippen LogP contribution in [0.5, 0.6) is 11.5 Å². The Kier molecular flexibility index (Phi) is 19.3. The third kappa shape index (κ3) is 14.3. The number of carboxylic acid groups (broad SMARTS) is 1. The second kappa shape index (κ2) is 23.9. The van der Waals surface area contributed by atoms with Gasteiger partial charge in [-0.1, -0.05) is 83.3 Å². The lowest BCUT2D eigenvalue weighted by Crippen LogP contribution is -2.49. The summed E-state index contributed by atoms with van der Waals surface area (Å²) in [6.07, 6.45) is 13.0. The molecule has 0 saturated heterocycles. The first kappa shape index (κ1) is 43.7. The molecule has 2 aromatic carbocycles. The van der Waals surface area contributed by atoms with E-state index in [1.54, 1.807) is 36.4 Å². The van der Waals surface area contributed by atoms with E-state index < -0.39 is 42.3 Å². The molecule has 1 aliphatic heterocycles. The molecule has 14 heteroatoms. The highest BCUT2D eigenvalue weighted by atomic mass is 16.5. The number of ether oxygens (including phenoxy) is 2. The lowest BCUT2D eigenvalue weighted by Gasteiger charge is -2.29. The standard InChI is InChI=1S/C40H60N6O8/c1-3-4-5-6-7-8-9-10-11-12-13-14-35(47)43-27-37(49)46(2)38-29-16-18-34(54-22-20-42)31(25-29)30-23-28(15-17-33(30)53-21-19-41)24-32(40(51)52)45-36(48)26-44-39(38)50/h15-18,23,25,32,38H,3-14,19-22,24,26-27,41-42H2,1-2H3,(H,43,47)(H,44,50)(H,45,48)(H,51,52). The number of aliphatic carboxylic acids is 1. The second-order valence-corrected chi connectivity index (χ2v) is 13.7. The number of benzene rings is 2. The van der Waals surface area contributed by atoms with Crippen LogP contribution in [0.15, 0.2) is 36.4 Å². The van der Waals surface area contributed by atoms with Crippen molar-refractivity contribution >= 4 is 29.6 Å². The van der Waals surface area contributed by atoms with Gasteiger partial charge in [-0.25, -0.2) is 4.79 Å². The number of hydrogen-bond donors (Lipinski definition) is 6. The highest BCUT2D eigenvalue weighted by Crippen LogP contribution is 2.40. The molecule has 0 spiro atoms. The summed E-state index contributed by atoms with van der Waals surface area (Å²) in [6.45, 7) is 2.18. The minimum atomic E-state index is -1.30. The summed E-state index contributed by atoms with van der Waals surface area (Å²) in [5, 5.41) is 17.6. The van der Waals surface area contributed by atoms with E-state index in [-0.39, 0.29) is 45.2 Å². The Morgan fingerprint density at radius 3 is 2.02 bits per heavy atom. The number of amides is 4. The topological polar surface area (TPSA) is 215 Å². The van der Waals surface area contributed by atoms with E-state index in [0.29, 0.717) is 40.2 Å². The number of nitrogens with one attached hydrogen (secondary N) is 3. The molecule has 54 heavy (non-hydrogen) atoms. The van der Waals surface area contributed by atoms with Gasteiger partial charge in [0.2, 0.25) is 23.6 Å². The predicted molar refractivity (Wildman–Crippen MR) is 207 cm³/mol. The van der Waals surface area contributed by atoms with Gasteiger partial charge in [0.25, 0.3) is 0 Å². The maximum atomic E-state index is 13.8. The van der Waals surface area contributed by atoms with Crippen molar-refractivity contribution in [2.75, 3.05) is 46.4 Å². The molecule has 2 unspecified atom stereocenters. The Hall–Kier alpha value is -4.69. The van der Waals surface area contributed by atoms with E-state index in [1.165, 1.54) is 56.9 Å². The van der Waals surface area contributed by atoms with E-state index in [4.69, 9.17) is 20.9 Å². The van der Waals surface area contributed by atoms with Crippen LogP contribution in [0.2, 0.25) is 0 Å². The average Bonchev–Trinajstić information content (AvgIpc) is 3.16. The number of nitrogens with zero attached hydrogens (tertiary/aromatic N) is 1. The van der Waals surface area contributed by atoms with Crippen molar-refractivity contribution in [3.05, 3.63) is 47.5 Å². The normalized spacial score (nSPS) is 15.7. The molecule has 0 aliphatic carbocycles. The van der Waals surface area contributed by atoms with Crippen molar-refractivity contribution in [2.45, 2.75) is 102 Å². The van der Waals surface area contributed by atoms with Gasteiger partial charge in [0.15, 0.2) is 0 Å². The zero-order chi connectivity index (χ0) is 39.3. The number of hydrogen-bond acceptors (Lipinski definition) is 9. The molecular weight excluding hydrogens is 692 g/mol. The van der Waals surface area contributed by atoms with Gasteiger partial charge in [-0.15, -0.1) is 0 Å². The Bertz CT molecular complexity index is 1540. The maximum Gasteiger partial charge on any atom is 0.326 e. The first-order valence-electron chi connectivity index (χ1n) is 19.3. The Morgan fingerprint density at radius 1 is 0.852 bits per heavy atom. The molecule has 0 fully saturated rings. The van der Waals surface area contributed by atoms with Crippen molar-refractivity contribution in [2.24, 2.45) is 11.5 Å². The van der Waals surface area contributed by atoms with Gasteiger partial charge in [0, 0.05) is 44.1 Å². The average molecular weight is 753 g/mol. The molecule has 0 radical (unpaired) electrons. The number of likely N-dealkylation sites (N-methyl/N-ethyl adjacent to an activating group) is 1. The molecule has 1 aliphatic rings. The molecular formula is C40H60N6O8. The third-order valence-electron chi connectivity index (χ3n) is 9.37. The van der Waals surface area contributed by atoms with E-state index >= 15 is 0 Å². The highest BCUT2D eigenvalue weighted by Gasteiger charge is 2.31. The maximum absolute atomic E-state index is 13.8. The van der Waals surface area contributed by atoms with Crippen LogP contribution in [-0.4, -0.2) is 92.1 Å². The number of carbonyl (C=O) groups excluding carboxylic acids is 4. The fraction of sp³-hybridized carbons (Fsp3) is 0.575. The van der Waals surface area contributed by atoms with Crippen LogP contribution in [0, 0.1) is 0 Å². The summed E-state index contributed by atoms with van der Waals surface area (Å²) in [7, 11) is 1.45. The molecule has 298 valence electrons. The van der Waals surface area contributed by atoms with Gasteiger partial charge in [0.05, 0.1) is 13.1 Å². The van der Waals surface area contributed by atoms with Gasteiger partial charge in [-0.2, -0.15) is 0 Å². The fourth-order valence-electron chi connectivity index (χ4n) is 6.41. The molecule has 3 rings (SSSR count). The molecule has 0 aromatic heterocycles. The molecule has 14 nitrogen and oxygen atoms in total. The van der Waals surface area contributed by atoms with Gasteiger partial charge < -0.3 is 46.9 Å².